The molecular weight excluding hydrogens is 489 g/mol. The number of hydrogen-bond donors (Lipinski definition) is 1. The van der Waals surface area contributed by atoms with E-state index in [1.807, 2.05) is 30.3 Å². The second-order valence-corrected chi connectivity index (χ2v) is 10.2. The molecule has 0 unspecified atom stereocenters. The minimum atomic E-state index is -3.99. The van der Waals surface area contributed by atoms with Crippen LogP contribution < -0.4 is 4.72 Å². The van der Waals surface area contributed by atoms with Crippen LogP contribution in [0.4, 0.5) is 10.1 Å². The quantitative estimate of drug-likeness (QED) is 0.495. The largest absolute Gasteiger partial charge is 0.336 e. The second kappa shape index (κ2) is 11.0. The predicted octanol–water partition coefficient (Wildman–Crippen LogP) is 4.75. The molecule has 3 aromatic rings. The molecule has 0 radical (unpaired) electrons. The Labute approximate surface area is 209 Å². The Bertz CT molecular complexity index is 1310. The molecule has 0 aliphatic carbocycles. The van der Waals surface area contributed by atoms with Gasteiger partial charge in [0.05, 0.1) is 15.5 Å². The Morgan fingerprint density at radius 1 is 0.971 bits per heavy atom. The Morgan fingerprint density at radius 2 is 1.66 bits per heavy atom. The summed E-state index contributed by atoms with van der Waals surface area (Å²) >= 11 is 6.27. The molecule has 35 heavy (non-hydrogen) atoms. The standard InChI is InChI=1S/C26H25ClFN3O3S/c27-25-13-12-23(35(33,34)29-22-10-8-21(28)9-11-22)19-24(25)26(32)31-17-15-30(16-18-31)14-4-7-20-5-2-1-3-6-20/h1-13,19,29H,14-18H2. The Morgan fingerprint density at radius 3 is 2.34 bits per heavy atom. The highest BCUT2D eigenvalue weighted by molar-refractivity contribution is 7.92. The fourth-order valence-corrected chi connectivity index (χ4v) is 5.06. The van der Waals surface area contributed by atoms with Gasteiger partial charge in [-0.05, 0) is 48.0 Å². The van der Waals surface area contributed by atoms with Crippen molar-refractivity contribution in [1.29, 1.82) is 0 Å². The number of amides is 1. The molecule has 1 N–H and O–H groups in total. The first-order chi connectivity index (χ1) is 16.8. The smallest absolute Gasteiger partial charge is 0.261 e. The third kappa shape index (κ3) is 6.48. The third-order valence-corrected chi connectivity index (χ3v) is 7.42. The number of piperazine rings is 1. The molecule has 3 aromatic carbocycles. The second-order valence-electron chi connectivity index (χ2n) is 8.16. The SMILES string of the molecule is O=C(c1cc(S(=O)(=O)Nc2ccc(F)cc2)ccc1Cl)N1CCN(CC=Cc2ccccc2)CC1. The molecule has 1 aliphatic rings. The van der Waals surface area contributed by atoms with Gasteiger partial charge >= 0.3 is 0 Å². The summed E-state index contributed by atoms with van der Waals surface area (Å²) in [7, 11) is -3.99. The van der Waals surface area contributed by atoms with Gasteiger partial charge < -0.3 is 4.90 Å². The molecule has 1 fully saturated rings. The van der Waals surface area contributed by atoms with Crippen molar-refractivity contribution in [3.63, 3.8) is 0 Å². The lowest BCUT2D eigenvalue weighted by Crippen LogP contribution is -2.48. The molecule has 1 amide bonds. The van der Waals surface area contributed by atoms with Gasteiger partial charge in [0, 0.05) is 38.4 Å². The first-order valence-corrected chi connectivity index (χ1v) is 13.0. The van der Waals surface area contributed by atoms with E-state index in [4.69, 9.17) is 11.6 Å². The van der Waals surface area contributed by atoms with Gasteiger partial charge in [-0.2, -0.15) is 0 Å². The zero-order valence-electron chi connectivity index (χ0n) is 18.9. The van der Waals surface area contributed by atoms with Crippen molar-refractivity contribution >= 4 is 39.3 Å². The van der Waals surface area contributed by atoms with E-state index in [2.05, 4.69) is 21.8 Å². The van der Waals surface area contributed by atoms with E-state index in [0.29, 0.717) is 26.2 Å². The average Bonchev–Trinajstić information content (AvgIpc) is 2.86. The van der Waals surface area contributed by atoms with Crippen LogP contribution in [0.5, 0.6) is 0 Å². The summed E-state index contributed by atoms with van der Waals surface area (Å²) in [4.78, 5) is 17.0. The number of carbonyl (C=O) groups excluding carboxylic acids is 1. The molecule has 0 aromatic heterocycles. The van der Waals surface area contributed by atoms with E-state index in [9.17, 15) is 17.6 Å². The maximum Gasteiger partial charge on any atom is 0.261 e. The highest BCUT2D eigenvalue weighted by atomic mass is 35.5. The van der Waals surface area contributed by atoms with Gasteiger partial charge in [0.1, 0.15) is 5.82 Å². The lowest BCUT2D eigenvalue weighted by atomic mass is 10.1. The molecule has 0 bridgehead atoms. The fourth-order valence-electron chi connectivity index (χ4n) is 3.77. The lowest BCUT2D eigenvalue weighted by molar-refractivity contribution is 0.0650. The maximum atomic E-state index is 13.2. The van der Waals surface area contributed by atoms with Crippen LogP contribution in [0, 0.1) is 5.82 Å². The highest BCUT2D eigenvalue weighted by Crippen LogP contribution is 2.24. The molecule has 0 atom stereocenters. The number of rotatable bonds is 7. The monoisotopic (exact) mass is 513 g/mol. The number of nitrogens with zero attached hydrogens (tertiary/aromatic N) is 2. The van der Waals surface area contributed by atoms with E-state index in [-0.39, 0.29) is 27.1 Å². The van der Waals surface area contributed by atoms with Gasteiger partial charge in [-0.3, -0.25) is 14.4 Å². The normalized spacial score (nSPS) is 14.9. The van der Waals surface area contributed by atoms with Crippen molar-refractivity contribution in [3.05, 3.63) is 101 Å². The molecule has 4 rings (SSSR count). The van der Waals surface area contributed by atoms with E-state index in [1.165, 1.54) is 30.3 Å². The van der Waals surface area contributed by atoms with Gasteiger partial charge in [0.15, 0.2) is 0 Å². The van der Waals surface area contributed by atoms with Gasteiger partial charge in [-0.15, -0.1) is 0 Å². The number of benzene rings is 3. The summed E-state index contributed by atoms with van der Waals surface area (Å²) < 4.78 is 41.1. The van der Waals surface area contributed by atoms with Crippen molar-refractivity contribution in [2.24, 2.45) is 0 Å². The highest BCUT2D eigenvalue weighted by Gasteiger charge is 2.25. The van der Waals surface area contributed by atoms with Crippen LogP contribution in [0.25, 0.3) is 6.08 Å². The average molecular weight is 514 g/mol. The Kier molecular flexibility index (Phi) is 7.85. The first-order valence-electron chi connectivity index (χ1n) is 11.1. The van der Waals surface area contributed by atoms with Crippen LogP contribution in [0.1, 0.15) is 15.9 Å². The summed E-state index contributed by atoms with van der Waals surface area (Å²) in [6.45, 7) is 3.21. The van der Waals surface area contributed by atoms with Crippen LogP contribution in [-0.2, 0) is 10.0 Å². The van der Waals surface area contributed by atoms with Crippen LogP contribution in [0.2, 0.25) is 5.02 Å². The van der Waals surface area contributed by atoms with E-state index in [1.54, 1.807) is 4.90 Å². The number of hydrogen-bond acceptors (Lipinski definition) is 4. The van der Waals surface area contributed by atoms with Crippen molar-refractivity contribution in [1.82, 2.24) is 9.80 Å². The van der Waals surface area contributed by atoms with Crippen molar-refractivity contribution in [2.75, 3.05) is 37.4 Å². The molecule has 1 heterocycles. The zero-order valence-corrected chi connectivity index (χ0v) is 20.5. The summed E-state index contributed by atoms with van der Waals surface area (Å²) in [5, 5.41) is 0.184. The van der Waals surface area contributed by atoms with Gasteiger partial charge in [-0.1, -0.05) is 54.1 Å². The summed E-state index contributed by atoms with van der Waals surface area (Å²) in [5.74, 6) is -0.784. The van der Waals surface area contributed by atoms with Crippen molar-refractivity contribution in [3.8, 4) is 0 Å². The number of carbonyl (C=O) groups is 1. The molecular formula is C26H25ClFN3O3S. The van der Waals surface area contributed by atoms with Crippen LogP contribution in [-0.4, -0.2) is 56.8 Å². The van der Waals surface area contributed by atoms with Gasteiger partial charge in [0.2, 0.25) is 0 Å². The van der Waals surface area contributed by atoms with Crippen molar-refractivity contribution in [2.45, 2.75) is 4.90 Å². The van der Waals surface area contributed by atoms with Crippen LogP contribution >= 0.6 is 11.6 Å². The molecule has 9 heteroatoms. The molecule has 1 aliphatic heterocycles. The van der Waals surface area contributed by atoms with Crippen molar-refractivity contribution < 1.29 is 17.6 Å². The summed E-state index contributed by atoms with van der Waals surface area (Å²) in [6, 6.07) is 19.0. The number of halogens is 2. The van der Waals surface area contributed by atoms with E-state index < -0.39 is 15.8 Å². The number of nitrogens with one attached hydrogen (secondary N) is 1. The molecule has 0 spiro atoms. The van der Waals surface area contributed by atoms with E-state index in [0.717, 1.165) is 24.2 Å². The molecule has 1 saturated heterocycles. The maximum absolute atomic E-state index is 13.2. The third-order valence-electron chi connectivity index (χ3n) is 5.71. The number of sulfonamides is 1. The minimum absolute atomic E-state index is 0.0979. The fraction of sp³-hybridized carbons (Fsp3) is 0.192. The summed E-state index contributed by atoms with van der Waals surface area (Å²) in [5.41, 5.74) is 1.48. The number of anilines is 1. The van der Waals surface area contributed by atoms with Gasteiger partial charge in [0.25, 0.3) is 15.9 Å². The molecule has 182 valence electrons. The summed E-state index contributed by atoms with van der Waals surface area (Å²) in [6.07, 6.45) is 4.18. The minimum Gasteiger partial charge on any atom is -0.336 e. The molecule has 6 nitrogen and oxygen atoms in total. The Balaban J connectivity index is 1.39. The predicted molar refractivity (Wildman–Crippen MR) is 136 cm³/mol. The lowest BCUT2D eigenvalue weighted by Gasteiger charge is -2.34. The van der Waals surface area contributed by atoms with Crippen LogP contribution in [0.15, 0.2) is 83.8 Å². The topological polar surface area (TPSA) is 69.7 Å². The van der Waals surface area contributed by atoms with Crippen LogP contribution in [0.3, 0.4) is 0 Å². The molecule has 0 saturated carbocycles. The van der Waals surface area contributed by atoms with Gasteiger partial charge in [-0.25, -0.2) is 12.8 Å². The van der Waals surface area contributed by atoms with E-state index >= 15 is 0 Å². The Hall–Kier alpha value is -3.20. The first kappa shape index (κ1) is 24.9. The zero-order chi connectivity index (χ0) is 24.8.